The Morgan fingerprint density at radius 2 is 1.83 bits per heavy atom. The summed E-state index contributed by atoms with van der Waals surface area (Å²) in [5, 5.41) is 10.3. The molecule has 0 saturated carbocycles. The van der Waals surface area contributed by atoms with Crippen LogP contribution in [-0.2, 0) is 4.74 Å². The van der Waals surface area contributed by atoms with Crippen molar-refractivity contribution in [2.75, 3.05) is 0 Å². The second-order valence-electron chi connectivity index (χ2n) is 5.09. The molecule has 5 atom stereocenters. The van der Waals surface area contributed by atoms with Gasteiger partial charge in [0.05, 0.1) is 18.3 Å². The van der Waals surface area contributed by atoms with Crippen molar-refractivity contribution < 1.29 is 18.6 Å². The van der Waals surface area contributed by atoms with E-state index in [-0.39, 0.29) is 29.6 Å². The number of aliphatic hydroxyl groups excluding tert-OH is 1. The zero-order chi connectivity index (χ0) is 13.4. The molecular formula is C14H18F2O2. The Morgan fingerprint density at radius 1 is 1.17 bits per heavy atom. The van der Waals surface area contributed by atoms with E-state index in [0.717, 1.165) is 18.2 Å². The summed E-state index contributed by atoms with van der Waals surface area (Å²) in [7, 11) is 0. The summed E-state index contributed by atoms with van der Waals surface area (Å²) in [6, 6.07) is 3.15. The molecule has 0 radical (unpaired) electrons. The molecule has 1 fully saturated rings. The number of hydrogen-bond donors (Lipinski definition) is 1. The van der Waals surface area contributed by atoms with Gasteiger partial charge >= 0.3 is 0 Å². The fraction of sp³-hybridized carbons (Fsp3) is 0.571. The van der Waals surface area contributed by atoms with Crippen LogP contribution in [0, 0.1) is 23.5 Å². The molecule has 1 aromatic rings. The van der Waals surface area contributed by atoms with E-state index in [1.54, 1.807) is 0 Å². The molecule has 2 nitrogen and oxygen atoms in total. The second-order valence-corrected chi connectivity index (χ2v) is 5.09. The number of ether oxygens (including phenoxy) is 1. The minimum atomic E-state index is -1.05. The van der Waals surface area contributed by atoms with Crippen LogP contribution < -0.4 is 0 Å². The van der Waals surface area contributed by atoms with E-state index in [2.05, 4.69) is 0 Å². The van der Waals surface area contributed by atoms with Crippen LogP contribution in [0.1, 0.15) is 32.4 Å². The molecule has 0 spiro atoms. The molecule has 2 rings (SSSR count). The molecular weight excluding hydrogens is 238 g/mol. The highest BCUT2D eigenvalue weighted by Gasteiger charge is 2.42. The van der Waals surface area contributed by atoms with Crippen molar-refractivity contribution in [3.63, 3.8) is 0 Å². The van der Waals surface area contributed by atoms with Crippen molar-refractivity contribution in [2.45, 2.75) is 39.1 Å². The van der Waals surface area contributed by atoms with E-state index in [1.807, 2.05) is 20.8 Å². The van der Waals surface area contributed by atoms with Gasteiger partial charge in [0.2, 0.25) is 0 Å². The molecule has 4 heteroatoms. The minimum absolute atomic E-state index is 0.0104. The zero-order valence-electron chi connectivity index (χ0n) is 10.7. The Labute approximate surface area is 106 Å². The first kappa shape index (κ1) is 13.4. The maximum atomic E-state index is 13.7. The lowest BCUT2D eigenvalue weighted by Crippen LogP contribution is -2.25. The van der Waals surface area contributed by atoms with E-state index >= 15 is 0 Å². The predicted molar refractivity (Wildman–Crippen MR) is 64.0 cm³/mol. The van der Waals surface area contributed by atoms with Crippen molar-refractivity contribution in [3.8, 4) is 0 Å². The van der Waals surface area contributed by atoms with Gasteiger partial charge in [0, 0.05) is 11.5 Å². The van der Waals surface area contributed by atoms with Gasteiger partial charge < -0.3 is 9.84 Å². The van der Waals surface area contributed by atoms with E-state index in [9.17, 15) is 13.9 Å². The van der Waals surface area contributed by atoms with E-state index in [4.69, 9.17) is 4.74 Å². The minimum Gasteiger partial charge on any atom is -0.388 e. The molecule has 1 saturated heterocycles. The first-order valence-electron chi connectivity index (χ1n) is 6.20. The normalized spacial score (nSPS) is 33.7. The van der Waals surface area contributed by atoms with Crippen LogP contribution in [0.4, 0.5) is 8.78 Å². The fourth-order valence-corrected chi connectivity index (χ4v) is 2.79. The lowest BCUT2D eigenvalue weighted by molar-refractivity contribution is 0.0219. The van der Waals surface area contributed by atoms with Crippen molar-refractivity contribution in [1.29, 1.82) is 0 Å². The van der Waals surface area contributed by atoms with Gasteiger partial charge in [0.15, 0.2) is 0 Å². The predicted octanol–water partition coefficient (Wildman–Crippen LogP) is 3.06. The highest BCUT2D eigenvalue weighted by Crippen LogP contribution is 2.41. The third kappa shape index (κ3) is 2.27. The summed E-state index contributed by atoms with van der Waals surface area (Å²) in [4.78, 5) is 0. The van der Waals surface area contributed by atoms with Gasteiger partial charge in [0.1, 0.15) is 11.6 Å². The first-order valence-corrected chi connectivity index (χ1v) is 6.20. The van der Waals surface area contributed by atoms with Gasteiger partial charge in [-0.1, -0.05) is 6.92 Å². The van der Waals surface area contributed by atoms with Crippen LogP contribution in [0.2, 0.25) is 0 Å². The van der Waals surface area contributed by atoms with Crippen molar-refractivity contribution in [1.82, 2.24) is 0 Å². The third-order valence-electron chi connectivity index (χ3n) is 3.96. The fourth-order valence-electron chi connectivity index (χ4n) is 2.79. The second kappa shape index (κ2) is 4.94. The molecule has 1 N–H and O–H groups in total. The lowest BCUT2D eigenvalue weighted by atomic mass is 9.82. The highest BCUT2D eigenvalue weighted by molar-refractivity contribution is 5.22. The summed E-state index contributed by atoms with van der Waals surface area (Å²) < 4.78 is 32.4. The van der Waals surface area contributed by atoms with Crippen LogP contribution in [0.3, 0.4) is 0 Å². The summed E-state index contributed by atoms with van der Waals surface area (Å²) in [5.41, 5.74) is 0.0106. The molecule has 0 aliphatic carbocycles. The summed E-state index contributed by atoms with van der Waals surface area (Å²) in [6.45, 7) is 5.74. The number of aliphatic hydroxyl groups is 1. The van der Waals surface area contributed by atoms with E-state index < -0.39 is 17.7 Å². The summed E-state index contributed by atoms with van der Waals surface area (Å²) >= 11 is 0. The average molecular weight is 256 g/mol. The molecule has 18 heavy (non-hydrogen) atoms. The molecule has 1 heterocycles. The van der Waals surface area contributed by atoms with Crippen molar-refractivity contribution in [3.05, 3.63) is 35.4 Å². The quantitative estimate of drug-likeness (QED) is 0.881. The Morgan fingerprint density at radius 3 is 2.39 bits per heavy atom. The highest BCUT2D eigenvalue weighted by atomic mass is 19.1. The van der Waals surface area contributed by atoms with Crippen molar-refractivity contribution in [2.24, 2.45) is 11.8 Å². The Hall–Kier alpha value is -1.00. The van der Waals surface area contributed by atoms with E-state index in [1.165, 1.54) is 0 Å². The van der Waals surface area contributed by atoms with Crippen LogP contribution in [0.15, 0.2) is 18.2 Å². The average Bonchev–Trinajstić information content (AvgIpc) is 2.56. The zero-order valence-corrected chi connectivity index (χ0v) is 10.7. The topological polar surface area (TPSA) is 29.5 Å². The standard InChI is InChI=1S/C14H18F2O2/c1-7-8(2)18-9(3)13(7)14(17)11-6-10(15)4-5-12(11)16/h4-9,13-14,17H,1-3H3. The Balaban J connectivity index is 2.30. The van der Waals surface area contributed by atoms with Gasteiger partial charge in [-0.05, 0) is 38.0 Å². The van der Waals surface area contributed by atoms with E-state index in [0.29, 0.717) is 0 Å². The molecule has 0 amide bonds. The van der Waals surface area contributed by atoms with Gasteiger partial charge in [-0.3, -0.25) is 0 Å². The first-order chi connectivity index (χ1) is 8.41. The Bertz CT molecular complexity index is 436. The van der Waals surface area contributed by atoms with Gasteiger partial charge in [-0.2, -0.15) is 0 Å². The van der Waals surface area contributed by atoms with Gasteiger partial charge in [-0.15, -0.1) is 0 Å². The largest absolute Gasteiger partial charge is 0.388 e. The summed E-state index contributed by atoms with van der Waals surface area (Å²) in [6.07, 6.45) is -1.21. The van der Waals surface area contributed by atoms with Crippen LogP contribution >= 0.6 is 0 Å². The van der Waals surface area contributed by atoms with Gasteiger partial charge in [0.25, 0.3) is 0 Å². The molecule has 1 aromatic carbocycles. The lowest BCUT2D eigenvalue weighted by Gasteiger charge is -2.25. The Kier molecular flexibility index (Phi) is 3.69. The van der Waals surface area contributed by atoms with Crippen LogP contribution in [-0.4, -0.2) is 17.3 Å². The third-order valence-corrected chi connectivity index (χ3v) is 3.96. The number of hydrogen-bond acceptors (Lipinski definition) is 2. The maximum absolute atomic E-state index is 13.7. The number of rotatable bonds is 2. The molecule has 0 aromatic heterocycles. The monoisotopic (exact) mass is 256 g/mol. The smallest absolute Gasteiger partial charge is 0.129 e. The van der Waals surface area contributed by atoms with Crippen molar-refractivity contribution >= 4 is 0 Å². The SMILES string of the molecule is CC1OC(C)C(C(O)c2cc(F)ccc2F)C1C. The maximum Gasteiger partial charge on any atom is 0.129 e. The molecule has 5 unspecified atom stereocenters. The molecule has 1 aliphatic heterocycles. The summed E-state index contributed by atoms with van der Waals surface area (Å²) in [5.74, 6) is -1.26. The molecule has 1 aliphatic rings. The van der Waals surface area contributed by atoms with Gasteiger partial charge in [-0.25, -0.2) is 8.78 Å². The van der Waals surface area contributed by atoms with Crippen LogP contribution in [0.5, 0.6) is 0 Å². The molecule has 0 bridgehead atoms. The molecule has 100 valence electrons. The number of benzene rings is 1. The number of halogens is 2. The van der Waals surface area contributed by atoms with Crippen LogP contribution in [0.25, 0.3) is 0 Å².